The van der Waals surface area contributed by atoms with Gasteiger partial charge >= 0.3 is 0 Å². The average molecular weight is 446 g/mol. The molecule has 0 aliphatic carbocycles. The lowest BCUT2D eigenvalue weighted by molar-refractivity contribution is -0.127. The van der Waals surface area contributed by atoms with Crippen LogP contribution < -0.4 is 0 Å². The molecule has 4 rings (SSSR count). The molecule has 9 heteroatoms. The van der Waals surface area contributed by atoms with Gasteiger partial charge in [0.1, 0.15) is 5.82 Å². The standard InChI is InChI=1S/C21H17ClFN3O3S/c22-15-8-4-14(5-9-15)19(27)26-12-2-1-3-17(20(26)28)30-21-25-24-18(29-21)13-6-10-16(23)11-7-13/h4-11,17H,1-3,12H2. The van der Waals surface area contributed by atoms with E-state index in [2.05, 4.69) is 10.2 Å². The minimum atomic E-state index is -0.509. The molecule has 2 heterocycles. The minimum Gasteiger partial charge on any atom is -0.411 e. The number of amides is 2. The first kappa shape index (κ1) is 20.6. The van der Waals surface area contributed by atoms with Crippen LogP contribution in [0.3, 0.4) is 0 Å². The van der Waals surface area contributed by atoms with Crippen molar-refractivity contribution in [2.75, 3.05) is 6.54 Å². The monoisotopic (exact) mass is 445 g/mol. The predicted molar refractivity (Wildman–Crippen MR) is 111 cm³/mol. The molecule has 0 N–H and O–H groups in total. The van der Waals surface area contributed by atoms with Gasteiger partial charge in [0.25, 0.3) is 11.1 Å². The Morgan fingerprint density at radius 2 is 1.83 bits per heavy atom. The van der Waals surface area contributed by atoms with Crippen LogP contribution in [-0.2, 0) is 4.79 Å². The van der Waals surface area contributed by atoms with Crippen molar-refractivity contribution in [3.05, 3.63) is 64.9 Å². The van der Waals surface area contributed by atoms with Crippen molar-refractivity contribution in [2.24, 2.45) is 0 Å². The van der Waals surface area contributed by atoms with Gasteiger partial charge in [-0.25, -0.2) is 4.39 Å². The van der Waals surface area contributed by atoms with Crippen LogP contribution in [0.4, 0.5) is 4.39 Å². The summed E-state index contributed by atoms with van der Waals surface area (Å²) in [5, 5.41) is 8.21. The summed E-state index contributed by atoms with van der Waals surface area (Å²) in [7, 11) is 0. The molecular weight excluding hydrogens is 429 g/mol. The number of carbonyl (C=O) groups excluding carboxylic acids is 2. The normalized spacial score (nSPS) is 17.1. The van der Waals surface area contributed by atoms with Crippen molar-refractivity contribution in [2.45, 2.75) is 29.7 Å². The number of rotatable bonds is 4. The lowest BCUT2D eigenvalue weighted by atomic mass is 10.2. The van der Waals surface area contributed by atoms with E-state index in [1.807, 2.05) is 0 Å². The molecule has 1 atom stereocenters. The summed E-state index contributed by atoms with van der Waals surface area (Å²) in [6.07, 6.45) is 2.13. The van der Waals surface area contributed by atoms with E-state index in [0.717, 1.165) is 24.6 Å². The van der Waals surface area contributed by atoms with Gasteiger partial charge < -0.3 is 4.42 Å². The molecule has 0 radical (unpaired) electrons. The molecule has 30 heavy (non-hydrogen) atoms. The van der Waals surface area contributed by atoms with E-state index in [4.69, 9.17) is 16.0 Å². The topological polar surface area (TPSA) is 76.3 Å². The summed E-state index contributed by atoms with van der Waals surface area (Å²) in [6, 6.07) is 12.2. The first-order valence-corrected chi connectivity index (χ1v) is 10.6. The van der Waals surface area contributed by atoms with Crippen LogP contribution in [0.5, 0.6) is 0 Å². The van der Waals surface area contributed by atoms with Gasteiger partial charge in [0.15, 0.2) is 0 Å². The van der Waals surface area contributed by atoms with Crippen molar-refractivity contribution in [3.8, 4) is 11.5 Å². The van der Waals surface area contributed by atoms with E-state index in [-0.39, 0.29) is 28.7 Å². The van der Waals surface area contributed by atoms with Crippen molar-refractivity contribution < 1.29 is 18.4 Å². The number of nitrogens with zero attached hydrogens (tertiary/aromatic N) is 3. The molecule has 1 fully saturated rings. The third kappa shape index (κ3) is 4.55. The highest BCUT2D eigenvalue weighted by molar-refractivity contribution is 8.00. The maximum absolute atomic E-state index is 13.1. The van der Waals surface area contributed by atoms with Gasteiger partial charge in [0, 0.05) is 22.7 Å². The second-order valence-electron chi connectivity index (χ2n) is 6.78. The van der Waals surface area contributed by atoms with E-state index in [1.165, 1.54) is 17.0 Å². The number of imide groups is 1. The maximum Gasteiger partial charge on any atom is 0.277 e. The predicted octanol–water partition coefficient (Wildman–Crippen LogP) is 4.84. The summed E-state index contributed by atoms with van der Waals surface area (Å²) >= 11 is 7.03. The summed E-state index contributed by atoms with van der Waals surface area (Å²) in [5.74, 6) is -0.740. The van der Waals surface area contributed by atoms with Crippen LogP contribution in [0.15, 0.2) is 58.2 Å². The first-order valence-electron chi connectivity index (χ1n) is 9.38. The Morgan fingerprint density at radius 3 is 2.57 bits per heavy atom. The smallest absolute Gasteiger partial charge is 0.277 e. The van der Waals surface area contributed by atoms with Crippen molar-refractivity contribution in [1.29, 1.82) is 0 Å². The first-order chi connectivity index (χ1) is 14.5. The number of hydrogen-bond acceptors (Lipinski definition) is 6. The molecule has 0 bridgehead atoms. The number of aromatic nitrogens is 2. The Morgan fingerprint density at radius 1 is 1.10 bits per heavy atom. The van der Waals surface area contributed by atoms with Gasteiger partial charge in [-0.15, -0.1) is 10.2 Å². The zero-order valence-corrected chi connectivity index (χ0v) is 17.3. The maximum atomic E-state index is 13.1. The van der Waals surface area contributed by atoms with Crippen LogP contribution in [-0.4, -0.2) is 38.7 Å². The van der Waals surface area contributed by atoms with Crippen LogP contribution in [0.25, 0.3) is 11.5 Å². The number of benzene rings is 2. The summed E-state index contributed by atoms with van der Waals surface area (Å²) < 4.78 is 18.7. The van der Waals surface area contributed by atoms with Crippen LogP contribution in [0.2, 0.25) is 5.02 Å². The average Bonchev–Trinajstić information content (AvgIpc) is 3.14. The Bertz CT molecular complexity index is 1060. The summed E-state index contributed by atoms with van der Waals surface area (Å²) in [4.78, 5) is 27.2. The van der Waals surface area contributed by atoms with Gasteiger partial charge in [-0.2, -0.15) is 0 Å². The fraction of sp³-hybridized carbons (Fsp3) is 0.238. The fourth-order valence-corrected chi connectivity index (χ4v) is 4.25. The molecule has 6 nitrogen and oxygen atoms in total. The largest absolute Gasteiger partial charge is 0.411 e. The van der Waals surface area contributed by atoms with Crippen molar-refractivity contribution in [1.82, 2.24) is 15.1 Å². The SMILES string of the molecule is O=C(c1ccc(Cl)cc1)N1CCCCC(Sc2nnc(-c3ccc(F)cc3)o2)C1=O. The van der Waals surface area contributed by atoms with Crippen LogP contribution in [0, 0.1) is 5.82 Å². The Labute approximate surface area is 181 Å². The second-order valence-corrected chi connectivity index (χ2v) is 8.37. The van der Waals surface area contributed by atoms with E-state index in [9.17, 15) is 14.0 Å². The lowest BCUT2D eigenvalue weighted by Gasteiger charge is -2.21. The highest BCUT2D eigenvalue weighted by Crippen LogP contribution is 2.31. The van der Waals surface area contributed by atoms with Crippen LogP contribution in [0.1, 0.15) is 29.6 Å². The highest BCUT2D eigenvalue weighted by atomic mass is 35.5. The zero-order valence-electron chi connectivity index (χ0n) is 15.8. The zero-order chi connectivity index (χ0) is 21.1. The quantitative estimate of drug-likeness (QED) is 0.535. The number of thioether (sulfide) groups is 1. The Balaban J connectivity index is 1.50. The lowest BCUT2D eigenvalue weighted by Crippen LogP contribution is -2.41. The highest BCUT2D eigenvalue weighted by Gasteiger charge is 2.33. The van der Waals surface area contributed by atoms with E-state index < -0.39 is 5.25 Å². The molecule has 2 aromatic carbocycles. The minimum absolute atomic E-state index is 0.230. The van der Waals surface area contributed by atoms with Gasteiger partial charge in [-0.05, 0) is 61.4 Å². The number of hydrogen-bond donors (Lipinski definition) is 0. The van der Waals surface area contributed by atoms with Gasteiger partial charge in [-0.3, -0.25) is 14.5 Å². The van der Waals surface area contributed by atoms with Gasteiger partial charge in [0.2, 0.25) is 11.8 Å². The molecule has 1 aliphatic rings. The molecule has 0 saturated carbocycles. The Kier molecular flexibility index (Phi) is 6.15. The van der Waals surface area contributed by atoms with E-state index in [0.29, 0.717) is 29.1 Å². The fourth-order valence-electron chi connectivity index (χ4n) is 3.15. The van der Waals surface area contributed by atoms with E-state index >= 15 is 0 Å². The molecule has 1 saturated heterocycles. The van der Waals surface area contributed by atoms with Crippen LogP contribution >= 0.6 is 23.4 Å². The number of likely N-dealkylation sites (tertiary alicyclic amines) is 1. The molecule has 0 spiro atoms. The van der Waals surface area contributed by atoms with Crippen molar-refractivity contribution in [3.63, 3.8) is 0 Å². The number of halogens is 2. The second kappa shape index (κ2) is 8.97. The summed E-state index contributed by atoms with van der Waals surface area (Å²) in [5.41, 5.74) is 0.997. The number of carbonyl (C=O) groups is 2. The molecule has 1 aromatic heterocycles. The third-order valence-corrected chi connectivity index (χ3v) is 6.06. The molecule has 1 aliphatic heterocycles. The van der Waals surface area contributed by atoms with Gasteiger partial charge in [-0.1, -0.05) is 29.8 Å². The molecule has 154 valence electrons. The van der Waals surface area contributed by atoms with Gasteiger partial charge in [0.05, 0.1) is 5.25 Å². The summed E-state index contributed by atoms with van der Waals surface area (Å²) in [6.45, 7) is 0.363. The van der Waals surface area contributed by atoms with E-state index in [1.54, 1.807) is 36.4 Å². The molecule has 1 unspecified atom stereocenters. The Hall–Kier alpha value is -2.71. The van der Waals surface area contributed by atoms with Crippen molar-refractivity contribution >= 4 is 35.2 Å². The molecule has 2 amide bonds. The molecular formula is C21H17ClFN3O3S. The molecule has 3 aromatic rings. The third-order valence-electron chi connectivity index (χ3n) is 4.72.